The van der Waals surface area contributed by atoms with Crippen LogP contribution in [0.5, 0.6) is 0 Å². The fourth-order valence-electron chi connectivity index (χ4n) is 1.31. The maximum absolute atomic E-state index is 13.1. The van der Waals surface area contributed by atoms with Gasteiger partial charge in [-0.2, -0.15) is 34.8 Å². The zero-order valence-electron chi connectivity index (χ0n) is 12.8. The number of unbranched alkanes of at least 4 members (excludes halogenated alkanes) is 2. The minimum Gasteiger partial charge on any atom is -0.327 e. The highest BCUT2D eigenvalue weighted by Crippen LogP contribution is 2.50. The van der Waals surface area contributed by atoms with Crippen LogP contribution in [0, 0.1) is 0 Å². The Labute approximate surface area is 135 Å². The average molecular weight is 391 g/mol. The van der Waals surface area contributed by atoms with Crippen molar-refractivity contribution in [2.75, 3.05) is 6.54 Å². The Kier molecular flexibility index (Phi) is 10.1. The van der Waals surface area contributed by atoms with Crippen molar-refractivity contribution in [3.63, 3.8) is 0 Å². The second kappa shape index (κ2) is 9.56. The zero-order valence-corrected chi connectivity index (χ0v) is 13.6. The van der Waals surface area contributed by atoms with Gasteiger partial charge in [0.1, 0.15) is 0 Å². The molecule has 0 aromatic carbocycles. The molecule has 0 heterocycles. The van der Waals surface area contributed by atoms with E-state index in [1.807, 2.05) is 0 Å². The molecule has 146 valence electrons. The third-order valence-electron chi connectivity index (χ3n) is 2.73. The minimum atomic E-state index is -6.83. The number of rotatable bonds is 9. The fraction of sp³-hybridized carbons (Fsp3) is 0.833. The molecule has 0 amide bonds. The summed E-state index contributed by atoms with van der Waals surface area (Å²) in [6, 6.07) is 0. The van der Waals surface area contributed by atoms with E-state index in [0.717, 1.165) is 0 Å². The van der Waals surface area contributed by atoms with Crippen molar-refractivity contribution >= 4 is 10.1 Å². The maximum atomic E-state index is 13.1. The van der Waals surface area contributed by atoms with Gasteiger partial charge in [-0.05, 0) is 6.42 Å². The summed E-state index contributed by atoms with van der Waals surface area (Å²) < 4.78 is 119. The minimum absolute atomic E-state index is 0.205. The number of hydrogen-bond donors (Lipinski definition) is 2. The highest BCUT2D eigenvalue weighted by Gasteiger charge is 2.79. The van der Waals surface area contributed by atoms with Crippen molar-refractivity contribution in [1.82, 2.24) is 0 Å². The van der Waals surface area contributed by atoms with Crippen LogP contribution in [0.1, 0.15) is 32.6 Å². The molecule has 0 saturated heterocycles. The lowest BCUT2D eigenvalue weighted by molar-refractivity contribution is -0.300. The van der Waals surface area contributed by atoms with Crippen molar-refractivity contribution in [3.8, 4) is 0 Å². The van der Waals surface area contributed by atoms with Crippen LogP contribution < -0.4 is 5.73 Å². The molecule has 0 bridgehead atoms. The van der Waals surface area contributed by atoms with Gasteiger partial charge in [0.2, 0.25) is 0 Å². The predicted octanol–water partition coefficient (Wildman–Crippen LogP) is 3.79. The second-order valence-corrected chi connectivity index (χ2v) is 6.14. The molecule has 0 aliphatic carbocycles. The molecule has 0 fully saturated rings. The molecule has 0 radical (unpaired) electrons. The third kappa shape index (κ3) is 5.88. The topological polar surface area (TPSA) is 80.4 Å². The van der Waals surface area contributed by atoms with Crippen LogP contribution in [0.4, 0.5) is 30.7 Å². The molecule has 0 rings (SSSR count). The zero-order chi connectivity index (χ0) is 19.8. The van der Waals surface area contributed by atoms with Crippen molar-refractivity contribution in [3.05, 3.63) is 12.7 Å². The largest absolute Gasteiger partial charge is 0.438 e. The summed E-state index contributed by atoms with van der Waals surface area (Å²) in [5.74, 6) is -12.5. The molecule has 0 aliphatic rings. The normalized spacial score (nSPS) is 14.6. The summed E-state index contributed by atoms with van der Waals surface area (Å²) in [5, 5.41) is -6.50. The summed E-state index contributed by atoms with van der Waals surface area (Å²) in [7, 11) is -6.83. The van der Waals surface area contributed by atoms with E-state index < -0.39 is 39.8 Å². The van der Waals surface area contributed by atoms with Crippen LogP contribution in [0.25, 0.3) is 0 Å². The lowest BCUT2D eigenvalue weighted by Crippen LogP contribution is -2.61. The molecule has 12 heteroatoms. The van der Waals surface area contributed by atoms with Gasteiger partial charge in [-0.1, -0.05) is 32.3 Å². The summed E-state index contributed by atoms with van der Waals surface area (Å²) >= 11 is 0. The first kappa shape index (κ1) is 25.4. The van der Waals surface area contributed by atoms with Gasteiger partial charge in [0.25, 0.3) is 0 Å². The summed E-state index contributed by atoms with van der Waals surface area (Å²) in [4.78, 5) is 0. The van der Waals surface area contributed by atoms with Crippen LogP contribution in [0.3, 0.4) is 0 Å². The van der Waals surface area contributed by atoms with Crippen LogP contribution in [-0.2, 0) is 10.1 Å². The summed E-state index contributed by atoms with van der Waals surface area (Å²) in [6.07, 6.45) is -2.78. The van der Waals surface area contributed by atoms with Gasteiger partial charge >= 0.3 is 27.2 Å². The highest BCUT2D eigenvalue weighted by molar-refractivity contribution is 7.87. The maximum Gasteiger partial charge on any atom is 0.438 e. The lowest BCUT2D eigenvalue weighted by atomic mass is 10.0. The molecule has 0 aromatic heterocycles. The van der Waals surface area contributed by atoms with E-state index in [1.165, 1.54) is 0 Å². The van der Waals surface area contributed by atoms with Gasteiger partial charge in [0.05, 0.1) is 0 Å². The Morgan fingerprint density at radius 3 is 1.88 bits per heavy atom. The van der Waals surface area contributed by atoms with Crippen molar-refractivity contribution < 1.29 is 43.7 Å². The molecular weight excluding hydrogens is 371 g/mol. The number of halogens is 7. The Hall–Kier alpha value is -0.880. The molecule has 1 atom stereocenters. The molecular formula is C12H20F7NO3S. The average Bonchev–Trinajstić information content (AvgIpc) is 2.45. The van der Waals surface area contributed by atoms with E-state index in [9.17, 15) is 39.2 Å². The van der Waals surface area contributed by atoms with E-state index >= 15 is 0 Å². The first-order valence-corrected chi connectivity index (χ1v) is 8.14. The first-order chi connectivity index (χ1) is 10.6. The van der Waals surface area contributed by atoms with Gasteiger partial charge in [-0.15, -0.1) is 6.58 Å². The summed E-state index contributed by atoms with van der Waals surface area (Å²) in [6.45, 7) is 5.54. The highest BCUT2D eigenvalue weighted by atomic mass is 32.2. The van der Waals surface area contributed by atoms with Crippen molar-refractivity contribution in [2.24, 2.45) is 5.73 Å². The van der Waals surface area contributed by atoms with Gasteiger partial charge in [0, 0.05) is 6.54 Å². The smallest absolute Gasteiger partial charge is 0.327 e. The van der Waals surface area contributed by atoms with E-state index in [2.05, 4.69) is 6.58 Å². The Morgan fingerprint density at radius 1 is 1.17 bits per heavy atom. The van der Waals surface area contributed by atoms with Gasteiger partial charge < -0.3 is 5.73 Å². The van der Waals surface area contributed by atoms with E-state index in [1.54, 1.807) is 13.0 Å². The standard InChI is InChI=1S/C9H13F7O3S.C3H7N/c1-2-3-4-5-6(10)7(11,12)8(13,14)9(15,16)20(17,18)19;1-2-3-4/h6H,2-5H2,1H3,(H,17,18,19);2H,1,3-4H2. The molecule has 0 aliphatic heterocycles. The second-order valence-electron chi connectivity index (χ2n) is 4.68. The van der Waals surface area contributed by atoms with E-state index in [4.69, 9.17) is 10.3 Å². The molecule has 0 aromatic rings. The molecule has 3 N–H and O–H groups in total. The third-order valence-corrected chi connectivity index (χ3v) is 3.63. The Bertz CT molecular complexity index is 483. The molecule has 4 nitrogen and oxygen atoms in total. The number of hydrogen-bond acceptors (Lipinski definition) is 3. The fourth-order valence-corrected chi connectivity index (χ4v) is 1.77. The quantitative estimate of drug-likeness (QED) is 0.271. The SMILES string of the molecule is C=CCN.CCCCCC(F)C(F)(F)C(F)(F)C(F)(F)S(=O)(=O)O. The van der Waals surface area contributed by atoms with Gasteiger partial charge in [0.15, 0.2) is 6.17 Å². The number of alkyl halides is 7. The Balaban J connectivity index is 0. The lowest BCUT2D eigenvalue weighted by Gasteiger charge is -2.32. The van der Waals surface area contributed by atoms with Crippen molar-refractivity contribution in [1.29, 1.82) is 0 Å². The van der Waals surface area contributed by atoms with Crippen LogP contribution >= 0.6 is 0 Å². The van der Waals surface area contributed by atoms with Crippen LogP contribution in [0.15, 0.2) is 12.7 Å². The van der Waals surface area contributed by atoms with E-state index in [-0.39, 0.29) is 12.8 Å². The summed E-state index contributed by atoms with van der Waals surface area (Å²) in [5.41, 5.74) is 4.91. The Morgan fingerprint density at radius 2 is 1.58 bits per heavy atom. The molecule has 1 unspecified atom stereocenters. The van der Waals surface area contributed by atoms with Gasteiger partial charge in [-0.3, -0.25) is 4.55 Å². The van der Waals surface area contributed by atoms with Gasteiger partial charge in [-0.25, -0.2) is 4.39 Å². The molecule has 24 heavy (non-hydrogen) atoms. The number of nitrogens with two attached hydrogens (primary N) is 1. The first-order valence-electron chi connectivity index (χ1n) is 6.70. The molecule has 0 saturated carbocycles. The van der Waals surface area contributed by atoms with Crippen molar-refractivity contribution in [2.45, 2.75) is 55.9 Å². The van der Waals surface area contributed by atoms with Crippen LogP contribution in [-0.4, -0.2) is 42.8 Å². The predicted molar refractivity (Wildman–Crippen MR) is 74.7 cm³/mol. The molecule has 0 spiro atoms. The monoisotopic (exact) mass is 391 g/mol. The van der Waals surface area contributed by atoms with E-state index in [0.29, 0.717) is 13.0 Å². The van der Waals surface area contributed by atoms with Crippen LogP contribution in [0.2, 0.25) is 0 Å².